The second kappa shape index (κ2) is 6.53. The van der Waals surface area contributed by atoms with Crippen LogP contribution in [0.3, 0.4) is 0 Å². The maximum atomic E-state index is 4.16. The molecule has 0 radical (unpaired) electrons. The number of nitrogens with one attached hydrogen (secondary N) is 2. The molecule has 0 aliphatic rings. The fraction of sp³-hybridized carbons (Fsp3) is 0.455. The van der Waals surface area contributed by atoms with E-state index in [-0.39, 0.29) is 0 Å². The van der Waals surface area contributed by atoms with E-state index in [0.29, 0.717) is 0 Å². The molecule has 0 amide bonds. The van der Waals surface area contributed by atoms with Crippen LogP contribution in [0.4, 0.5) is 11.6 Å². The van der Waals surface area contributed by atoms with E-state index in [1.54, 1.807) is 17.2 Å². The summed E-state index contributed by atoms with van der Waals surface area (Å²) in [6, 6.07) is 1.90. The van der Waals surface area contributed by atoms with Crippen molar-refractivity contribution in [3.63, 3.8) is 0 Å². The van der Waals surface area contributed by atoms with Crippen LogP contribution in [0.25, 0.3) is 0 Å². The van der Waals surface area contributed by atoms with E-state index in [4.69, 9.17) is 0 Å². The summed E-state index contributed by atoms with van der Waals surface area (Å²) in [5.74, 6) is 1.65. The first-order valence-corrected chi connectivity index (χ1v) is 6.02. The van der Waals surface area contributed by atoms with Gasteiger partial charge in [0.05, 0.1) is 12.7 Å². The average molecular weight is 247 g/mol. The second-order valence-corrected chi connectivity index (χ2v) is 3.81. The Hall–Kier alpha value is -2.18. The van der Waals surface area contributed by atoms with Crippen molar-refractivity contribution in [3.8, 4) is 0 Å². The van der Waals surface area contributed by atoms with Crippen molar-refractivity contribution in [3.05, 3.63) is 24.8 Å². The highest BCUT2D eigenvalue weighted by molar-refractivity contribution is 5.46. The van der Waals surface area contributed by atoms with Gasteiger partial charge in [0.25, 0.3) is 0 Å². The summed E-state index contributed by atoms with van der Waals surface area (Å²) >= 11 is 0. The van der Waals surface area contributed by atoms with Crippen LogP contribution in [0.15, 0.2) is 24.8 Å². The number of anilines is 2. The smallest absolute Gasteiger partial charge is 0.131 e. The summed E-state index contributed by atoms with van der Waals surface area (Å²) in [5.41, 5.74) is 0. The van der Waals surface area contributed by atoms with Crippen molar-refractivity contribution in [2.24, 2.45) is 0 Å². The minimum Gasteiger partial charge on any atom is -0.370 e. The summed E-state index contributed by atoms with van der Waals surface area (Å²) in [4.78, 5) is 8.30. The molecule has 0 spiro atoms. The zero-order valence-corrected chi connectivity index (χ0v) is 10.4. The van der Waals surface area contributed by atoms with Gasteiger partial charge < -0.3 is 10.6 Å². The predicted molar refractivity (Wildman–Crippen MR) is 69.3 cm³/mol. The second-order valence-electron chi connectivity index (χ2n) is 3.81. The largest absolute Gasteiger partial charge is 0.370 e. The highest BCUT2D eigenvalue weighted by atomic mass is 15.4. The number of aromatic nitrogens is 5. The highest BCUT2D eigenvalue weighted by Crippen LogP contribution is 2.07. The van der Waals surface area contributed by atoms with Crippen LogP contribution in [0.2, 0.25) is 0 Å². The minimum atomic E-state index is 0.744. The lowest BCUT2D eigenvalue weighted by molar-refractivity contribution is 0.608. The first-order chi connectivity index (χ1) is 8.88. The van der Waals surface area contributed by atoms with Gasteiger partial charge >= 0.3 is 0 Å². The van der Waals surface area contributed by atoms with Gasteiger partial charge in [0.1, 0.15) is 18.0 Å². The number of hydrogen-bond donors (Lipinski definition) is 2. The van der Waals surface area contributed by atoms with Gasteiger partial charge in [0.15, 0.2) is 0 Å². The normalized spacial score (nSPS) is 10.3. The molecule has 0 saturated heterocycles. The Morgan fingerprint density at radius 1 is 1.17 bits per heavy atom. The standard InChI is InChI=1S/C11H17N7/c1-2-3-12-10-8-11(15-9-14-10)13-4-6-18-7-5-16-17-18/h5,7-9H,2-4,6H2,1H3,(H2,12,13,14,15). The molecule has 0 aliphatic heterocycles. The van der Waals surface area contributed by atoms with Gasteiger partial charge in [-0.25, -0.2) is 9.97 Å². The first kappa shape index (κ1) is 12.3. The Kier molecular flexibility index (Phi) is 4.46. The quantitative estimate of drug-likeness (QED) is 0.759. The lowest BCUT2D eigenvalue weighted by Crippen LogP contribution is -2.12. The molecule has 2 aromatic rings. The molecule has 18 heavy (non-hydrogen) atoms. The van der Waals surface area contributed by atoms with Crippen LogP contribution in [0.1, 0.15) is 13.3 Å². The van der Waals surface area contributed by atoms with Crippen molar-refractivity contribution < 1.29 is 0 Å². The Balaban J connectivity index is 1.81. The van der Waals surface area contributed by atoms with Gasteiger partial charge in [0.2, 0.25) is 0 Å². The van der Waals surface area contributed by atoms with E-state index in [1.165, 1.54) is 0 Å². The van der Waals surface area contributed by atoms with Crippen LogP contribution in [0, 0.1) is 0 Å². The fourth-order valence-corrected chi connectivity index (χ4v) is 1.45. The SMILES string of the molecule is CCCNc1cc(NCCn2ccnn2)ncn1. The van der Waals surface area contributed by atoms with Crippen LogP contribution < -0.4 is 10.6 Å². The highest BCUT2D eigenvalue weighted by Gasteiger charge is 1.98. The average Bonchev–Trinajstić information content (AvgIpc) is 2.90. The Morgan fingerprint density at radius 3 is 2.61 bits per heavy atom. The monoisotopic (exact) mass is 247 g/mol. The fourth-order valence-electron chi connectivity index (χ4n) is 1.45. The molecule has 0 aliphatic carbocycles. The number of hydrogen-bond acceptors (Lipinski definition) is 6. The number of nitrogens with zero attached hydrogens (tertiary/aromatic N) is 5. The summed E-state index contributed by atoms with van der Waals surface area (Å²) in [7, 11) is 0. The van der Waals surface area contributed by atoms with Crippen LogP contribution in [-0.2, 0) is 6.54 Å². The molecule has 96 valence electrons. The molecular weight excluding hydrogens is 230 g/mol. The zero-order valence-electron chi connectivity index (χ0n) is 10.4. The molecule has 7 nitrogen and oxygen atoms in total. The molecule has 2 N–H and O–H groups in total. The first-order valence-electron chi connectivity index (χ1n) is 6.02. The van der Waals surface area contributed by atoms with Gasteiger partial charge in [-0.2, -0.15) is 0 Å². The maximum Gasteiger partial charge on any atom is 0.131 e. The Morgan fingerprint density at radius 2 is 1.94 bits per heavy atom. The summed E-state index contributed by atoms with van der Waals surface area (Å²) in [6.07, 6.45) is 6.11. The molecule has 2 aromatic heterocycles. The molecule has 0 unspecified atom stereocenters. The molecule has 0 atom stereocenters. The van der Waals surface area contributed by atoms with Gasteiger partial charge in [-0.15, -0.1) is 5.10 Å². The number of rotatable bonds is 7. The van der Waals surface area contributed by atoms with Gasteiger partial charge in [-0.05, 0) is 6.42 Å². The van der Waals surface area contributed by atoms with E-state index in [0.717, 1.165) is 37.7 Å². The molecule has 0 aromatic carbocycles. The summed E-state index contributed by atoms with van der Waals surface area (Å²) < 4.78 is 1.77. The third kappa shape index (κ3) is 3.69. The predicted octanol–water partition coefficient (Wildman–Crippen LogP) is 1.00. The third-order valence-electron chi connectivity index (χ3n) is 2.34. The van der Waals surface area contributed by atoms with Crippen LogP contribution in [0.5, 0.6) is 0 Å². The summed E-state index contributed by atoms with van der Waals surface area (Å²) in [6.45, 7) is 4.52. The van der Waals surface area contributed by atoms with E-state index in [9.17, 15) is 0 Å². The Bertz CT molecular complexity index is 454. The summed E-state index contributed by atoms with van der Waals surface area (Å²) in [5, 5.41) is 14.1. The Labute approximate surface area is 106 Å². The molecule has 0 saturated carbocycles. The van der Waals surface area contributed by atoms with Crippen molar-refractivity contribution in [1.29, 1.82) is 0 Å². The van der Waals surface area contributed by atoms with Crippen LogP contribution >= 0.6 is 0 Å². The van der Waals surface area contributed by atoms with Crippen molar-refractivity contribution in [2.75, 3.05) is 23.7 Å². The third-order valence-corrected chi connectivity index (χ3v) is 2.34. The maximum absolute atomic E-state index is 4.16. The molecule has 7 heteroatoms. The molecule has 0 fully saturated rings. The topological polar surface area (TPSA) is 80.5 Å². The lowest BCUT2D eigenvalue weighted by atomic mass is 10.4. The molecule has 0 bridgehead atoms. The lowest BCUT2D eigenvalue weighted by Gasteiger charge is -2.07. The van der Waals surface area contributed by atoms with E-state index >= 15 is 0 Å². The van der Waals surface area contributed by atoms with Gasteiger partial charge in [0, 0.05) is 25.4 Å². The molecule has 2 heterocycles. The van der Waals surface area contributed by atoms with Crippen molar-refractivity contribution in [2.45, 2.75) is 19.9 Å². The zero-order chi connectivity index (χ0) is 12.6. The van der Waals surface area contributed by atoms with Crippen LogP contribution in [-0.4, -0.2) is 38.1 Å². The van der Waals surface area contributed by atoms with E-state index in [1.807, 2.05) is 12.3 Å². The van der Waals surface area contributed by atoms with Crippen molar-refractivity contribution >= 4 is 11.6 Å². The minimum absolute atomic E-state index is 0.744. The molecular formula is C11H17N7. The van der Waals surface area contributed by atoms with Gasteiger partial charge in [-0.3, -0.25) is 4.68 Å². The van der Waals surface area contributed by atoms with E-state index in [2.05, 4.69) is 37.8 Å². The van der Waals surface area contributed by atoms with E-state index < -0.39 is 0 Å². The van der Waals surface area contributed by atoms with Crippen molar-refractivity contribution in [1.82, 2.24) is 25.0 Å². The molecule has 2 rings (SSSR count). The van der Waals surface area contributed by atoms with Gasteiger partial charge in [-0.1, -0.05) is 12.1 Å².